The van der Waals surface area contributed by atoms with Gasteiger partial charge in [-0.25, -0.2) is 4.79 Å². The number of carbonyl (C=O) groups is 1. The summed E-state index contributed by atoms with van der Waals surface area (Å²) in [6.07, 6.45) is 4.70. The predicted molar refractivity (Wildman–Crippen MR) is 53.8 cm³/mol. The molecule has 0 bridgehead atoms. The lowest BCUT2D eigenvalue weighted by Gasteiger charge is -2.08. The molecule has 0 spiro atoms. The van der Waals surface area contributed by atoms with E-state index in [0.29, 0.717) is 12.0 Å². The molecule has 0 aromatic rings. The van der Waals surface area contributed by atoms with Gasteiger partial charge in [0.25, 0.3) is 0 Å². The van der Waals surface area contributed by atoms with E-state index in [-0.39, 0.29) is 12.1 Å². The van der Waals surface area contributed by atoms with Crippen molar-refractivity contribution in [2.75, 3.05) is 0 Å². The third kappa shape index (κ3) is 2.84. The Balaban J connectivity index is 2.40. The molecule has 0 radical (unpaired) electrons. The summed E-state index contributed by atoms with van der Waals surface area (Å²) in [6, 6.07) is 0. The summed E-state index contributed by atoms with van der Waals surface area (Å²) in [6.45, 7) is 3.90. The van der Waals surface area contributed by atoms with E-state index >= 15 is 0 Å². The van der Waals surface area contributed by atoms with Crippen molar-refractivity contribution in [3.63, 3.8) is 0 Å². The van der Waals surface area contributed by atoms with Gasteiger partial charge in [-0.3, -0.25) is 0 Å². The van der Waals surface area contributed by atoms with E-state index < -0.39 is 6.10 Å². The lowest BCUT2D eigenvalue weighted by atomic mass is 10.0. The summed E-state index contributed by atoms with van der Waals surface area (Å²) in [4.78, 5) is 11.2. The van der Waals surface area contributed by atoms with Crippen molar-refractivity contribution in [1.82, 2.24) is 0 Å². The smallest absolute Gasteiger partial charge is 0.337 e. The number of aliphatic hydroxyl groups excluding tert-OH is 1. The van der Waals surface area contributed by atoms with Crippen molar-refractivity contribution in [2.24, 2.45) is 0 Å². The second kappa shape index (κ2) is 5.15. The van der Waals surface area contributed by atoms with Crippen LogP contribution in [0.5, 0.6) is 0 Å². The maximum absolute atomic E-state index is 11.2. The standard InChI is InChI=1S/C11H18O3/c1-3-4-5-6-10(12)9-7-8(2)14-11(9)13/h7-8,10,12H,3-6H2,1-2H3. The Morgan fingerprint density at radius 1 is 1.57 bits per heavy atom. The summed E-state index contributed by atoms with van der Waals surface area (Å²) in [5, 5.41) is 9.69. The van der Waals surface area contributed by atoms with Crippen molar-refractivity contribution in [1.29, 1.82) is 0 Å². The molecule has 2 atom stereocenters. The third-order valence-corrected chi connectivity index (χ3v) is 2.38. The van der Waals surface area contributed by atoms with Crippen LogP contribution in [0.4, 0.5) is 0 Å². The Morgan fingerprint density at radius 2 is 2.29 bits per heavy atom. The van der Waals surface area contributed by atoms with Crippen LogP contribution in [0.2, 0.25) is 0 Å². The van der Waals surface area contributed by atoms with Gasteiger partial charge in [-0.05, 0) is 19.4 Å². The van der Waals surface area contributed by atoms with Crippen molar-refractivity contribution in [3.05, 3.63) is 11.6 Å². The molecule has 1 rings (SSSR count). The second-order valence-corrected chi connectivity index (χ2v) is 3.74. The summed E-state index contributed by atoms with van der Waals surface area (Å²) in [7, 11) is 0. The van der Waals surface area contributed by atoms with Crippen molar-refractivity contribution in [3.8, 4) is 0 Å². The lowest BCUT2D eigenvalue weighted by molar-refractivity contribution is -0.139. The van der Waals surface area contributed by atoms with E-state index in [1.165, 1.54) is 0 Å². The van der Waals surface area contributed by atoms with Crippen molar-refractivity contribution < 1.29 is 14.6 Å². The summed E-state index contributed by atoms with van der Waals surface area (Å²) < 4.78 is 4.91. The van der Waals surface area contributed by atoms with Gasteiger partial charge in [0.1, 0.15) is 6.10 Å². The van der Waals surface area contributed by atoms with Crippen LogP contribution in [-0.2, 0) is 9.53 Å². The third-order valence-electron chi connectivity index (χ3n) is 2.38. The zero-order valence-corrected chi connectivity index (χ0v) is 8.82. The van der Waals surface area contributed by atoms with Gasteiger partial charge < -0.3 is 9.84 Å². The predicted octanol–water partition coefficient (Wildman–Crippen LogP) is 1.80. The van der Waals surface area contributed by atoms with Crippen LogP contribution in [-0.4, -0.2) is 23.3 Å². The molecule has 1 heterocycles. The molecule has 3 heteroatoms. The molecule has 0 aliphatic carbocycles. The number of esters is 1. The highest BCUT2D eigenvalue weighted by Crippen LogP contribution is 2.20. The second-order valence-electron chi connectivity index (χ2n) is 3.74. The van der Waals surface area contributed by atoms with Gasteiger partial charge in [0, 0.05) is 0 Å². The van der Waals surface area contributed by atoms with E-state index in [2.05, 4.69) is 6.92 Å². The van der Waals surface area contributed by atoms with Crippen LogP contribution >= 0.6 is 0 Å². The van der Waals surface area contributed by atoms with Crippen LogP contribution in [0.1, 0.15) is 39.5 Å². The number of unbranched alkanes of at least 4 members (excludes halogenated alkanes) is 2. The molecule has 1 N–H and O–H groups in total. The molecule has 0 aromatic heterocycles. The normalized spacial score (nSPS) is 23.2. The zero-order valence-electron chi connectivity index (χ0n) is 8.82. The van der Waals surface area contributed by atoms with E-state index in [9.17, 15) is 9.90 Å². The molecule has 3 nitrogen and oxygen atoms in total. The fraction of sp³-hybridized carbons (Fsp3) is 0.727. The summed E-state index contributed by atoms with van der Waals surface area (Å²) in [5.41, 5.74) is 0.439. The molecular weight excluding hydrogens is 180 g/mol. The minimum absolute atomic E-state index is 0.182. The number of carbonyl (C=O) groups excluding carboxylic acids is 1. The van der Waals surface area contributed by atoms with Crippen molar-refractivity contribution in [2.45, 2.75) is 51.7 Å². The molecule has 80 valence electrons. The van der Waals surface area contributed by atoms with Gasteiger partial charge in [0.2, 0.25) is 0 Å². The van der Waals surface area contributed by atoms with E-state index in [0.717, 1.165) is 19.3 Å². The van der Waals surface area contributed by atoms with Crippen LogP contribution in [0.15, 0.2) is 11.6 Å². The maximum atomic E-state index is 11.2. The Hall–Kier alpha value is -0.830. The number of aliphatic hydroxyl groups is 1. The molecule has 0 saturated heterocycles. The van der Waals surface area contributed by atoms with Gasteiger partial charge in [-0.2, -0.15) is 0 Å². The molecule has 1 aliphatic rings. The molecule has 0 fully saturated rings. The van der Waals surface area contributed by atoms with E-state index in [1.54, 1.807) is 13.0 Å². The Kier molecular flexibility index (Phi) is 4.14. The number of hydrogen-bond acceptors (Lipinski definition) is 3. The first-order chi connectivity index (χ1) is 6.65. The fourth-order valence-electron chi connectivity index (χ4n) is 1.58. The van der Waals surface area contributed by atoms with Crippen LogP contribution in [0.3, 0.4) is 0 Å². The maximum Gasteiger partial charge on any atom is 0.337 e. The monoisotopic (exact) mass is 198 g/mol. The molecule has 0 amide bonds. The number of ether oxygens (including phenoxy) is 1. The highest BCUT2D eigenvalue weighted by atomic mass is 16.5. The molecule has 2 unspecified atom stereocenters. The SMILES string of the molecule is CCCCCC(O)C1=CC(C)OC1=O. The van der Waals surface area contributed by atoms with Gasteiger partial charge in [0.15, 0.2) is 0 Å². The van der Waals surface area contributed by atoms with E-state index in [4.69, 9.17) is 4.74 Å². The average Bonchev–Trinajstić information content (AvgIpc) is 2.45. The zero-order chi connectivity index (χ0) is 10.6. The summed E-state index contributed by atoms with van der Waals surface area (Å²) in [5.74, 6) is -0.360. The topological polar surface area (TPSA) is 46.5 Å². The van der Waals surface area contributed by atoms with Crippen molar-refractivity contribution >= 4 is 5.97 Å². The van der Waals surface area contributed by atoms with Gasteiger partial charge in [-0.1, -0.05) is 26.2 Å². The Labute approximate surface area is 84.8 Å². The Morgan fingerprint density at radius 3 is 2.79 bits per heavy atom. The summed E-state index contributed by atoms with van der Waals surface area (Å²) >= 11 is 0. The Bertz CT molecular complexity index is 233. The van der Waals surface area contributed by atoms with Gasteiger partial charge >= 0.3 is 5.97 Å². The molecule has 1 aliphatic heterocycles. The van der Waals surface area contributed by atoms with Crippen LogP contribution < -0.4 is 0 Å². The first-order valence-corrected chi connectivity index (χ1v) is 5.26. The molecule has 0 saturated carbocycles. The van der Waals surface area contributed by atoms with Gasteiger partial charge in [-0.15, -0.1) is 0 Å². The highest BCUT2D eigenvalue weighted by Gasteiger charge is 2.27. The molecule has 14 heavy (non-hydrogen) atoms. The molecule has 0 aromatic carbocycles. The van der Waals surface area contributed by atoms with Crippen LogP contribution in [0, 0.1) is 0 Å². The van der Waals surface area contributed by atoms with E-state index in [1.807, 2.05) is 0 Å². The minimum Gasteiger partial charge on any atom is -0.455 e. The lowest BCUT2D eigenvalue weighted by Crippen LogP contribution is -2.16. The first kappa shape index (κ1) is 11.2. The largest absolute Gasteiger partial charge is 0.455 e. The van der Waals surface area contributed by atoms with Gasteiger partial charge in [0.05, 0.1) is 11.7 Å². The van der Waals surface area contributed by atoms with Crippen LogP contribution in [0.25, 0.3) is 0 Å². The quantitative estimate of drug-likeness (QED) is 0.541. The minimum atomic E-state index is -0.640. The fourth-order valence-corrected chi connectivity index (χ4v) is 1.58. The first-order valence-electron chi connectivity index (χ1n) is 5.26. The number of hydrogen-bond donors (Lipinski definition) is 1. The number of cyclic esters (lactones) is 1. The average molecular weight is 198 g/mol. The molecular formula is C11H18O3. The highest BCUT2D eigenvalue weighted by molar-refractivity contribution is 5.91. The number of rotatable bonds is 5.